The van der Waals surface area contributed by atoms with Gasteiger partial charge in [-0.25, -0.2) is 8.78 Å². The van der Waals surface area contributed by atoms with Gasteiger partial charge in [-0.1, -0.05) is 50.7 Å². The Hall–Kier alpha value is -4.50. The maximum absolute atomic E-state index is 14.1. The second-order valence-electron chi connectivity index (χ2n) is 8.88. The van der Waals surface area contributed by atoms with Gasteiger partial charge in [-0.15, -0.1) is 40.8 Å². The molecular weight excluding hydrogens is 742 g/mol. The topological polar surface area (TPSA) is 167 Å². The average molecular weight is 764 g/mol. The average Bonchev–Trinajstić information content (AvgIpc) is 3.85. The summed E-state index contributed by atoms with van der Waals surface area (Å²) in [5.41, 5.74) is 6.57. The largest absolute Gasteiger partial charge is 0.415 e. The minimum absolute atomic E-state index is 0.125. The standard InChI is InChI=1S/C13H10F3N5OS.C10H6BrF3N2O.C3H5N3S/c1-6-18-21-13(23-6)17-5-8-3-2-7(4-9(8)14)11-19-20-12(22-11)10(15)16;11-4-6-2-1-5(3-7(6)12)9-15-16-10(17-9)8(13)14;1-2-5-6-3(4)7-2/h2-4,10H,5H2,1H3,(H,17,21);1-3,8H,4H2;1H3,(H2,4,6). The summed E-state index contributed by atoms with van der Waals surface area (Å²) in [5, 5.41) is 34.4. The van der Waals surface area contributed by atoms with E-state index in [4.69, 9.17) is 14.6 Å². The zero-order chi connectivity index (χ0) is 34.1. The molecule has 0 unspecified atom stereocenters. The van der Waals surface area contributed by atoms with Crippen molar-refractivity contribution in [2.45, 2.75) is 38.6 Å². The smallest absolute Gasteiger partial charge is 0.314 e. The van der Waals surface area contributed by atoms with Crippen molar-refractivity contribution in [2.75, 3.05) is 11.1 Å². The Labute approximate surface area is 277 Å². The van der Waals surface area contributed by atoms with Crippen molar-refractivity contribution in [2.24, 2.45) is 0 Å². The van der Waals surface area contributed by atoms with E-state index in [-0.39, 0.29) is 29.5 Å². The van der Waals surface area contributed by atoms with E-state index >= 15 is 0 Å². The minimum atomic E-state index is -2.86. The third-order valence-electron chi connectivity index (χ3n) is 5.50. The molecule has 21 heteroatoms. The van der Waals surface area contributed by atoms with Crippen molar-refractivity contribution in [3.63, 3.8) is 0 Å². The van der Waals surface area contributed by atoms with Crippen LogP contribution in [0.5, 0.6) is 0 Å². The highest BCUT2D eigenvalue weighted by Gasteiger charge is 2.19. The molecular formula is C26H21BrF6N10O2S2. The lowest BCUT2D eigenvalue weighted by Gasteiger charge is -2.05. The first-order valence-electron chi connectivity index (χ1n) is 12.9. The maximum Gasteiger partial charge on any atom is 0.314 e. The number of alkyl halides is 5. The Kier molecular flexibility index (Phi) is 12.3. The predicted molar refractivity (Wildman–Crippen MR) is 163 cm³/mol. The van der Waals surface area contributed by atoms with Crippen LogP contribution in [0.25, 0.3) is 22.9 Å². The van der Waals surface area contributed by atoms with Gasteiger partial charge in [0.15, 0.2) is 0 Å². The Balaban J connectivity index is 0.000000182. The van der Waals surface area contributed by atoms with Crippen LogP contribution >= 0.6 is 38.6 Å². The van der Waals surface area contributed by atoms with Gasteiger partial charge in [-0.3, -0.25) is 0 Å². The molecule has 0 saturated carbocycles. The van der Waals surface area contributed by atoms with Crippen LogP contribution in [-0.2, 0) is 11.9 Å². The monoisotopic (exact) mass is 762 g/mol. The summed E-state index contributed by atoms with van der Waals surface area (Å²) in [7, 11) is 0. The number of benzene rings is 2. The zero-order valence-electron chi connectivity index (χ0n) is 24.0. The molecule has 248 valence electrons. The number of aromatic nitrogens is 8. The molecule has 0 aliphatic rings. The number of hydrogen-bond acceptors (Lipinski definition) is 14. The summed E-state index contributed by atoms with van der Waals surface area (Å²) in [5.74, 6) is -2.83. The highest BCUT2D eigenvalue weighted by Crippen LogP contribution is 2.27. The number of nitrogens with two attached hydrogens (primary N) is 1. The van der Waals surface area contributed by atoms with E-state index in [0.29, 0.717) is 26.7 Å². The zero-order valence-corrected chi connectivity index (χ0v) is 27.2. The number of nitrogens with one attached hydrogen (secondary N) is 1. The minimum Gasteiger partial charge on any atom is -0.415 e. The number of nitrogen functional groups attached to an aromatic ring is 1. The third-order valence-corrected chi connectivity index (χ3v) is 7.56. The summed E-state index contributed by atoms with van der Waals surface area (Å²) in [6.45, 7) is 3.90. The van der Waals surface area contributed by atoms with E-state index in [1.807, 2.05) is 13.8 Å². The van der Waals surface area contributed by atoms with Crippen LogP contribution in [0.15, 0.2) is 45.2 Å². The van der Waals surface area contributed by atoms with Gasteiger partial charge in [-0.2, -0.15) is 17.6 Å². The second kappa shape index (κ2) is 16.4. The second-order valence-corrected chi connectivity index (χ2v) is 11.8. The molecule has 0 aliphatic carbocycles. The first kappa shape index (κ1) is 35.4. The summed E-state index contributed by atoms with van der Waals surface area (Å²) < 4.78 is 86.3. The molecule has 0 atom stereocenters. The lowest BCUT2D eigenvalue weighted by molar-refractivity contribution is 0.115. The van der Waals surface area contributed by atoms with E-state index < -0.39 is 36.3 Å². The number of hydrogen-bond donors (Lipinski definition) is 2. The number of rotatable bonds is 8. The SMILES string of the molecule is Cc1nnc(N)s1.Cc1nnc(NCc2ccc(-c3nnc(C(F)F)o3)cc2F)s1.Fc1cc(-c2nnc(C(F)F)o2)ccc1CBr. The summed E-state index contributed by atoms with van der Waals surface area (Å²) >= 11 is 5.88. The number of nitrogens with zero attached hydrogens (tertiary/aromatic N) is 8. The van der Waals surface area contributed by atoms with Crippen LogP contribution in [0.1, 0.15) is 45.8 Å². The van der Waals surface area contributed by atoms with E-state index in [1.165, 1.54) is 53.0 Å². The first-order valence-corrected chi connectivity index (χ1v) is 15.6. The van der Waals surface area contributed by atoms with Crippen LogP contribution in [0.2, 0.25) is 0 Å². The van der Waals surface area contributed by atoms with Crippen LogP contribution in [0.3, 0.4) is 0 Å². The molecule has 4 aromatic heterocycles. The number of halogens is 7. The van der Waals surface area contributed by atoms with E-state index in [0.717, 1.165) is 16.1 Å². The van der Waals surface area contributed by atoms with Crippen molar-refractivity contribution in [3.05, 3.63) is 81.0 Å². The quantitative estimate of drug-likeness (QED) is 0.115. The van der Waals surface area contributed by atoms with Crippen molar-refractivity contribution < 1.29 is 35.2 Å². The predicted octanol–water partition coefficient (Wildman–Crippen LogP) is 7.72. The fraction of sp³-hybridized carbons (Fsp3) is 0.231. The Morgan fingerprint density at radius 2 is 1.23 bits per heavy atom. The first-order chi connectivity index (χ1) is 22.4. The Bertz CT molecular complexity index is 1880. The number of anilines is 2. The molecule has 6 rings (SSSR count). The summed E-state index contributed by atoms with van der Waals surface area (Å²) in [6, 6.07) is 8.41. The molecule has 0 radical (unpaired) electrons. The molecule has 0 aliphatic heterocycles. The summed E-state index contributed by atoms with van der Waals surface area (Å²) in [6.07, 6.45) is -5.69. The fourth-order valence-corrected chi connectivity index (χ4v) is 4.85. The van der Waals surface area contributed by atoms with Gasteiger partial charge < -0.3 is 19.9 Å². The molecule has 0 saturated heterocycles. The lowest BCUT2D eigenvalue weighted by Crippen LogP contribution is -2.01. The normalized spacial score (nSPS) is 10.9. The molecule has 0 spiro atoms. The highest BCUT2D eigenvalue weighted by molar-refractivity contribution is 9.08. The molecule has 2 aromatic carbocycles. The van der Waals surface area contributed by atoms with Crippen LogP contribution < -0.4 is 11.1 Å². The van der Waals surface area contributed by atoms with Crippen LogP contribution in [0.4, 0.5) is 36.6 Å². The molecule has 47 heavy (non-hydrogen) atoms. The maximum atomic E-state index is 14.1. The van der Waals surface area contributed by atoms with Crippen LogP contribution in [0, 0.1) is 25.5 Å². The molecule has 4 heterocycles. The molecule has 6 aromatic rings. The van der Waals surface area contributed by atoms with Gasteiger partial charge in [0.25, 0.3) is 11.8 Å². The van der Waals surface area contributed by atoms with Crippen molar-refractivity contribution >= 4 is 48.9 Å². The van der Waals surface area contributed by atoms with Crippen molar-refractivity contribution in [1.82, 2.24) is 40.8 Å². The number of aryl methyl sites for hydroxylation is 2. The van der Waals surface area contributed by atoms with Gasteiger partial charge in [0.05, 0.1) is 0 Å². The fourth-order valence-electron chi connectivity index (χ4n) is 3.34. The summed E-state index contributed by atoms with van der Waals surface area (Å²) in [4.78, 5) is 0. The molecule has 0 fully saturated rings. The van der Waals surface area contributed by atoms with Gasteiger partial charge in [0.2, 0.25) is 22.0 Å². The Morgan fingerprint density at radius 1 is 0.723 bits per heavy atom. The van der Waals surface area contributed by atoms with Crippen LogP contribution in [-0.4, -0.2) is 40.8 Å². The van der Waals surface area contributed by atoms with E-state index in [1.54, 1.807) is 0 Å². The van der Waals surface area contributed by atoms with E-state index in [2.05, 4.69) is 62.0 Å². The van der Waals surface area contributed by atoms with E-state index in [9.17, 15) is 26.3 Å². The van der Waals surface area contributed by atoms with Gasteiger partial charge in [0, 0.05) is 28.6 Å². The van der Waals surface area contributed by atoms with Gasteiger partial charge in [-0.05, 0) is 43.7 Å². The van der Waals surface area contributed by atoms with Crippen molar-refractivity contribution in [1.29, 1.82) is 0 Å². The molecule has 3 N–H and O–H groups in total. The molecule has 12 nitrogen and oxygen atoms in total. The third kappa shape index (κ3) is 9.99. The highest BCUT2D eigenvalue weighted by atomic mass is 79.9. The van der Waals surface area contributed by atoms with Gasteiger partial charge in [0.1, 0.15) is 21.6 Å². The lowest BCUT2D eigenvalue weighted by atomic mass is 10.1. The van der Waals surface area contributed by atoms with Gasteiger partial charge >= 0.3 is 12.9 Å². The molecule has 0 amide bonds. The van der Waals surface area contributed by atoms with Crippen molar-refractivity contribution in [3.8, 4) is 22.9 Å². The molecule has 0 bridgehead atoms. The Morgan fingerprint density at radius 3 is 1.60 bits per heavy atom.